The maximum Gasteiger partial charge on any atom is 0.273 e. The number of anilines is 2. The first-order valence-electron chi connectivity index (χ1n) is 8.59. The van der Waals surface area contributed by atoms with Crippen LogP contribution in [0.5, 0.6) is 0 Å². The molecule has 3 rings (SSSR count). The van der Waals surface area contributed by atoms with Crippen molar-refractivity contribution < 1.29 is 4.79 Å². The summed E-state index contributed by atoms with van der Waals surface area (Å²) in [6, 6.07) is 5.54. The van der Waals surface area contributed by atoms with Crippen LogP contribution in [0.25, 0.3) is 10.3 Å². The van der Waals surface area contributed by atoms with Gasteiger partial charge in [0, 0.05) is 23.2 Å². The molecule has 0 aliphatic rings. The SMILES string of the molecule is CCN(CC)c1nc2ncn(CC(=O)Nc3ccc(Br)c(C)c3)c(=O)c2s1. The number of rotatable bonds is 6. The Bertz CT molecular complexity index is 1040. The maximum atomic E-state index is 12.7. The molecule has 3 aromatic rings. The van der Waals surface area contributed by atoms with Crippen LogP contribution in [0.4, 0.5) is 10.8 Å². The molecule has 1 N–H and O–H groups in total. The minimum atomic E-state index is -0.284. The van der Waals surface area contributed by atoms with Gasteiger partial charge in [0.1, 0.15) is 17.6 Å². The van der Waals surface area contributed by atoms with E-state index in [-0.39, 0.29) is 18.0 Å². The minimum absolute atomic E-state index is 0.102. The van der Waals surface area contributed by atoms with Crippen molar-refractivity contribution in [2.75, 3.05) is 23.3 Å². The number of benzene rings is 1. The van der Waals surface area contributed by atoms with Crippen molar-refractivity contribution in [3.63, 3.8) is 0 Å². The molecule has 0 spiro atoms. The van der Waals surface area contributed by atoms with Crippen LogP contribution >= 0.6 is 27.3 Å². The smallest absolute Gasteiger partial charge is 0.273 e. The summed E-state index contributed by atoms with van der Waals surface area (Å²) in [6.07, 6.45) is 1.38. The largest absolute Gasteiger partial charge is 0.349 e. The third-order valence-electron chi connectivity index (χ3n) is 4.16. The second-order valence-corrected chi connectivity index (χ2v) is 7.84. The molecule has 0 unspecified atom stereocenters. The fraction of sp³-hybridized carbons (Fsp3) is 0.333. The molecule has 2 heterocycles. The lowest BCUT2D eigenvalue weighted by Gasteiger charge is -2.15. The highest BCUT2D eigenvalue weighted by molar-refractivity contribution is 9.10. The van der Waals surface area contributed by atoms with Crippen molar-refractivity contribution in [2.45, 2.75) is 27.3 Å². The van der Waals surface area contributed by atoms with Crippen LogP contribution in [0.3, 0.4) is 0 Å². The molecule has 27 heavy (non-hydrogen) atoms. The number of hydrogen-bond donors (Lipinski definition) is 1. The number of fused-ring (bicyclic) bond motifs is 1. The Morgan fingerprint density at radius 2 is 2.07 bits per heavy atom. The number of nitrogens with one attached hydrogen (secondary N) is 1. The molecule has 2 aromatic heterocycles. The van der Waals surface area contributed by atoms with Gasteiger partial charge in [-0.2, -0.15) is 4.98 Å². The van der Waals surface area contributed by atoms with E-state index < -0.39 is 0 Å². The third-order valence-corrected chi connectivity index (χ3v) is 6.15. The van der Waals surface area contributed by atoms with Gasteiger partial charge in [0.05, 0.1) is 0 Å². The minimum Gasteiger partial charge on any atom is -0.349 e. The van der Waals surface area contributed by atoms with Crippen LogP contribution in [0, 0.1) is 6.92 Å². The first kappa shape index (κ1) is 19.5. The zero-order valence-electron chi connectivity index (χ0n) is 15.3. The van der Waals surface area contributed by atoms with Gasteiger partial charge in [0.15, 0.2) is 10.8 Å². The number of carbonyl (C=O) groups is 1. The van der Waals surface area contributed by atoms with Gasteiger partial charge in [-0.1, -0.05) is 27.3 Å². The Hall–Kier alpha value is -2.26. The first-order chi connectivity index (χ1) is 12.9. The standard InChI is InChI=1S/C18H20BrN5O2S/c1-4-23(5-2)18-22-16-15(27-18)17(26)24(10-20-16)9-14(25)21-12-6-7-13(19)11(3)8-12/h6-8,10H,4-5,9H2,1-3H3,(H,21,25). The maximum absolute atomic E-state index is 12.7. The number of thiazole rings is 1. The van der Waals surface area contributed by atoms with Crippen molar-refractivity contribution in [1.82, 2.24) is 14.5 Å². The van der Waals surface area contributed by atoms with E-state index >= 15 is 0 Å². The van der Waals surface area contributed by atoms with Crippen molar-refractivity contribution in [3.8, 4) is 0 Å². The average molecular weight is 450 g/mol. The van der Waals surface area contributed by atoms with Crippen molar-refractivity contribution in [2.24, 2.45) is 0 Å². The summed E-state index contributed by atoms with van der Waals surface area (Å²) >= 11 is 4.74. The Labute approximate surface area is 169 Å². The van der Waals surface area contributed by atoms with E-state index in [9.17, 15) is 9.59 Å². The molecular formula is C18H20BrN5O2S. The normalized spacial score (nSPS) is 11.0. The lowest BCUT2D eigenvalue weighted by atomic mass is 10.2. The summed E-state index contributed by atoms with van der Waals surface area (Å²) in [5, 5.41) is 3.58. The summed E-state index contributed by atoms with van der Waals surface area (Å²) in [5.41, 5.74) is 1.87. The highest BCUT2D eigenvalue weighted by atomic mass is 79.9. The molecule has 0 saturated heterocycles. The monoisotopic (exact) mass is 449 g/mol. The van der Waals surface area contributed by atoms with Crippen LogP contribution in [-0.4, -0.2) is 33.5 Å². The van der Waals surface area contributed by atoms with Crippen molar-refractivity contribution in [1.29, 1.82) is 0 Å². The van der Waals surface area contributed by atoms with Gasteiger partial charge in [-0.05, 0) is 44.5 Å². The zero-order valence-corrected chi connectivity index (χ0v) is 17.7. The van der Waals surface area contributed by atoms with E-state index in [2.05, 4.69) is 36.1 Å². The van der Waals surface area contributed by atoms with E-state index in [1.54, 1.807) is 6.07 Å². The van der Waals surface area contributed by atoms with Crippen molar-refractivity contribution >= 4 is 54.3 Å². The van der Waals surface area contributed by atoms with Gasteiger partial charge >= 0.3 is 0 Å². The number of hydrogen-bond acceptors (Lipinski definition) is 6. The quantitative estimate of drug-likeness (QED) is 0.623. The fourth-order valence-corrected chi connectivity index (χ4v) is 4.00. The van der Waals surface area contributed by atoms with Crippen LogP contribution in [0.2, 0.25) is 0 Å². The topological polar surface area (TPSA) is 80.1 Å². The number of halogens is 1. The summed E-state index contributed by atoms with van der Waals surface area (Å²) in [7, 11) is 0. The lowest BCUT2D eigenvalue weighted by Crippen LogP contribution is -2.27. The fourth-order valence-electron chi connectivity index (χ4n) is 2.65. The van der Waals surface area contributed by atoms with Gasteiger partial charge in [0.2, 0.25) is 5.91 Å². The first-order valence-corrected chi connectivity index (χ1v) is 10.2. The average Bonchev–Trinajstić information content (AvgIpc) is 3.06. The number of aryl methyl sites for hydroxylation is 1. The van der Waals surface area contributed by atoms with Gasteiger partial charge in [-0.3, -0.25) is 14.2 Å². The Morgan fingerprint density at radius 3 is 2.74 bits per heavy atom. The van der Waals surface area contributed by atoms with E-state index in [1.807, 2.05) is 32.9 Å². The summed E-state index contributed by atoms with van der Waals surface area (Å²) in [6.45, 7) is 7.53. The van der Waals surface area contributed by atoms with E-state index in [0.29, 0.717) is 16.0 Å². The molecule has 0 fully saturated rings. The molecule has 0 radical (unpaired) electrons. The van der Waals surface area contributed by atoms with Crippen LogP contribution in [0.15, 0.2) is 33.8 Å². The van der Waals surface area contributed by atoms with E-state index in [1.165, 1.54) is 22.2 Å². The molecule has 142 valence electrons. The molecule has 0 bridgehead atoms. The molecule has 7 nitrogen and oxygen atoms in total. The second kappa shape index (κ2) is 8.18. The predicted octanol–water partition coefficient (Wildman–Crippen LogP) is 3.41. The molecule has 1 amide bonds. The summed E-state index contributed by atoms with van der Waals surface area (Å²) in [5.74, 6) is -0.284. The molecule has 0 aliphatic carbocycles. The van der Waals surface area contributed by atoms with E-state index in [4.69, 9.17) is 0 Å². The molecule has 0 aliphatic heterocycles. The van der Waals surface area contributed by atoms with Gasteiger partial charge < -0.3 is 10.2 Å². The third kappa shape index (κ3) is 4.19. The van der Waals surface area contributed by atoms with Crippen molar-refractivity contribution in [3.05, 3.63) is 44.9 Å². The Kier molecular flexibility index (Phi) is 5.91. The van der Waals surface area contributed by atoms with Gasteiger partial charge in [-0.15, -0.1) is 0 Å². The van der Waals surface area contributed by atoms with Crippen LogP contribution < -0.4 is 15.8 Å². The molecule has 9 heteroatoms. The lowest BCUT2D eigenvalue weighted by molar-refractivity contribution is -0.116. The summed E-state index contributed by atoms with van der Waals surface area (Å²) in [4.78, 5) is 35.8. The molecule has 1 aromatic carbocycles. The second-order valence-electron chi connectivity index (χ2n) is 6.01. The number of carbonyl (C=O) groups excluding carboxylic acids is 1. The molecule has 0 saturated carbocycles. The van der Waals surface area contributed by atoms with E-state index in [0.717, 1.165) is 28.3 Å². The highest BCUT2D eigenvalue weighted by Crippen LogP contribution is 2.25. The summed E-state index contributed by atoms with van der Waals surface area (Å²) < 4.78 is 2.75. The van der Waals surface area contributed by atoms with Crippen LogP contribution in [-0.2, 0) is 11.3 Å². The zero-order chi connectivity index (χ0) is 19.6. The predicted molar refractivity (Wildman–Crippen MR) is 113 cm³/mol. The number of amides is 1. The number of nitrogens with zero attached hydrogens (tertiary/aromatic N) is 4. The Balaban J connectivity index is 1.82. The van der Waals surface area contributed by atoms with Crippen LogP contribution in [0.1, 0.15) is 19.4 Å². The van der Waals surface area contributed by atoms with Gasteiger partial charge in [-0.25, -0.2) is 4.98 Å². The molecular weight excluding hydrogens is 430 g/mol. The van der Waals surface area contributed by atoms with Gasteiger partial charge in [0.25, 0.3) is 5.56 Å². The molecule has 0 atom stereocenters. The Morgan fingerprint density at radius 1 is 1.33 bits per heavy atom. The number of aromatic nitrogens is 3. The highest BCUT2D eigenvalue weighted by Gasteiger charge is 2.15.